The van der Waals surface area contributed by atoms with Crippen LogP contribution in [0.25, 0.3) is 0 Å². The van der Waals surface area contributed by atoms with Crippen LogP contribution >= 0.6 is 27.7 Å². The molecule has 0 radical (unpaired) electrons. The van der Waals surface area contributed by atoms with E-state index in [2.05, 4.69) is 52.4 Å². The topological polar surface area (TPSA) is 49.3 Å². The molecule has 116 valence electrons. The van der Waals surface area contributed by atoms with Gasteiger partial charge in [0.1, 0.15) is 0 Å². The van der Waals surface area contributed by atoms with Crippen molar-refractivity contribution in [2.75, 3.05) is 6.54 Å². The highest BCUT2D eigenvalue weighted by Crippen LogP contribution is 2.26. The molecule has 1 saturated carbocycles. The Morgan fingerprint density at radius 2 is 1.95 bits per heavy atom. The lowest BCUT2D eigenvalue weighted by molar-refractivity contribution is -0.142. The molecule has 1 fully saturated rings. The van der Waals surface area contributed by atoms with E-state index in [9.17, 15) is 4.79 Å². The number of carbonyl (C=O) groups is 1. The number of carboxylic acid groups (broad SMARTS) is 1. The van der Waals surface area contributed by atoms with Crippen molar-refractivity contribution in [1.82, 2.24) is 5.32 Å². The van der Waals surface area contributed by atoms with E-state index in [0.717, 1.165) is 36.7 Å². The van der Waals surface area contributed by atoms with E-state index in [4.69, 9.17) is 5.11 Å². The Bertz CT molecular complexity index is 458. The van der Waals surface area contributed by atoms with Gasteiger partial charge in [-0.15, -0.1) is 11.8 Å². The number of hydrogen-bond acceptors (Lipinski definition) is 3. The van der Waals surface area contributed by atoms with E-state index in [0.29, 0.717) is 11.3 Å². The van der Waals surface area contributed by atoms with Crippen molar-refractivity contribution >= 4 is 33.7 Å². The Balaban J connectivity index is 1.68. The molecular weight excluding hydrogens is 350 g/mol. The van der Waals surface area contributed by atoms with Crippen LogP contribution in [0.4, 0.5) is 0 Å². The Morgan fingerprint density at radius 1 is 1.33 bits per heavy atom. The summed E-state index contributed by atoms with van der Waals surface area (Å²) < 4.78 is 1.10. The van der Waals surface area contributed by atoms with Gasteiger partial charge >= 0.3 is 5.97 Å². The standard InChI is InChI=1S/C16H22BrNO2S/c1-11(21-15-8-4-13(17)5-9-15)10-18-14-6-2-12(3-7-14)16(19)20/h4-5,8-9,11-12,14,18H,2-3,6-7,10H2,1H3,(H,19,20). The fourth-order valence-electron chi connectivity index (χ4n) is 2.66. The first-order valence-electron chi connectivity index (χ1n) is 7.43. The van der Waals surface area contributed by atoms with Crippen molar-refractivity contribution in [3.05, 3.63) is 28.7 Å². The molecule has 0 heterocycles. The van der Waals surface area contributed by atoms with Crippen molar-refractivity contribution in [3.63, 3.8) is 0 Å². The number of aliphatic carboxylic acids is 1. The summed E-state index contributed by atoms with van der Waals surface area (Å²) in [6.45, 7) is 3.19. The molecule has 1 aliphatic rings. The molecule has 0 bridgehead atoms. The molecule has 1 aromatic carbocycles. The Labute approximate surface area is 139 Å². The zero-order chi connectivity index (χ0) is 15.2. The largest absolute Gasteiger partial charge is 0.481 e. The van der Waals surface area contributed by atoms with Gasteiger partial charge in [0.15, 0.2) is 0 Å². The fourth-order valence-corrected chi connectivity index (χ4v) is 3.87. The Kier molecular flexibility index (Phi) is 6.58. The summed E-state index contributed by atoms with van der Waals surface area (Å²) >= 11 is 5.31. The number of rotatable bonds is 6. The van der Waals surface area contributed by atoms with Crippen molar-refractivity contribution in [1.29, 1.82) is 0 Å². The van der Waals surface area contributed by atoms with Crippen LogP contribution < -0.4 is 5.32 Å². The lowest BCUT2D eigenvalue weighted by Crippen LogP contribution is -2.37. The van der Waals surface area contributed by atoms with Crippen LogP contribution in [0.1, 0.15) is 32.6 Å². The second-order valence-corrected chi connectivity index (χ2v) is 8.10. The highest BCUT2D eigenvalue weighted by molar-refractivity contribution is 9.10. The van der Waals surface area contributed by atoms with Crippen LogP contribution in [0.3, 0.4) is 0 Å². The third-order valence-corrected chi connectivity index (χ3v) is 5.56. The minimum absolute atomic E-state index is 0.127. The van der Waals surface area contributed by atoms with Gasteiger partial charge in [0.05, 0.1) is 5.92 Å². The van der Waals surface area contributed by atoms with Gasteiger partial charge in [0.25, 0.3) is 0 Å². The first kappa shape index (κ1) is 16.8. The lowest BCUT2D eigenvalue weighted by atomic mass is 9.86. The van der Waals surface area contributed by atoms with Gasteiger partial charge in [-0.25, -0.2) is 0 Å². The molecule has 0 aliphatic heterocycles. The van der Waals surface area contributed by atoms with E-state index >= 15 is 0 Å². The predicted molar refractivity (Wildman–Crippen MR) is 90.8 cm³/mol. The molecule has 0 saturated heterocycles. The van der Waals surface area contributed by atoms with Gasteiger partial charge in [-0.3, -0.25) is 4.79 Å². The summed E-state index contributed by atoms with van der Waals surface area (Å²) in [6.07, 6.45) is 3.57. The smallest absolute Gasteiger partial charge is 0.306 e. The Morgan fingerprint density at radius 3 is 2.52 bits per heavy atom. The predicted octanol–water partition coefficient (Wildman–Crippen LogP) is 4.16. The second-order valence-electron chi connectivity index (χ2n) is 5.68. The van der Waals surface area contributed by atoms with Gasteiger partial charge in [0.2, 0.25) is 0 Å². The van der Waals surface area contributed by atoms with E-state index in [-0.39, 0.29) is 5.92 Å². The highest BCUT2D eigenvalue weighted by atomic mass is 79.9. The summed E-state index contributed by atoms with van der Waals surface area (Å²) in [5.41, 5.74) is 0. The van der Waals surface area contributed by atoms with Crippen LogP contribution in [0, 0.1) is 5.92 Å². The van der Waals surface area contributed by atoms with Gasteiger partial charge < -0.3 is 10.4 Å². The average Bonchev–Trinajstić information content (AvgIpc) is 2.48. The number of halogens is 1. The molecular formula is C16H22BrNO2S. The first-order valence-corrected chi connectivity index (χ1v) is 9.10. The monoisotopic (exact) mass is 371 g/mol. The summed E-state index contributed by atoms with van der Waals surface area (Å²) in [5, 5.41) is 13.1. The first-order chi connectivity index (χ1) is 10.0. The maximum absolute atomic E-state index is 10.9. The average molecular weight is 372 g/mol. The third kappa shape index (κ3) is 5.64. The van der Waals surface area contributed by atoms with Crippen LogP contribution in [0.2, 0.25) is 0 Å². The molecule has 0 amide bonds. The van der Waals surface area contributed by atoms with Crippen LogP contribution in [-0.2, 0) is 4.79 Å². The van der Waals surface area contributed by atoms with Crippen molar-refractivity contribution in [3.8, 4) is 0 Å². The summed E-state index contributed by atoms with van der Waals surface area (Å²) in [4.78, 5) is 12.2. The van der Waals surface area contributed by atoms with Crippen molar-refractivity contribution in [2.45, 2.75) is 48.8 Å². The molecule has 1 aliphatic carbocycles. The molecule has 0 spiro atoms. The highest BCUT2D eigenvalue weighted by Gasteiger charge is 2.25. The number of hydrogen-bond donors (Lipinski definition) is 2. The quantitative estimate of drug-likeness (QED) is 0.736. The van der Waals surface area contributed by atoms with E-state index < -0.39 is 5.97 Å². The molecule has 21 heavy (non-hydrogen) atoms. The lowest BCUT2D eigenvalue weighted by Gasteiger charge is -2.28. The molecule has 2 rings (SSSR count). The molecule has 2 N–H and O–H groups in total. The van der Waals surface area contributed by atoms with Gasteiger partial charge in [-0.1, -0.05) is 22.9 Å². The SMILES string of the molecule is CC(CNC1CCC(C(=O)O)CC1)Sc1ccc(Br)cc1. The number of thioether (sulfide) groups is 1. The van der Waals surface area contributed by atoms with Crippen LogP contribution in [0.15, 0.2) is 33.6 Å². The van der Waals surface area contributed by atoms with E-state index in [1.165, 1.54) is 4.90 Å². The molecule has 1 atom stereocenters. The normalized spacial score (nSPS) is 23.7. The molecule has 1 aromatic rings. The summed E-state index contributed by atoms with van der Waals surface area (Å²) in [7, 11) is 0. The summed E-state index contributed by atoms with van der Waals surface area (Å²) in [6, 6.07) is 8.87. The zero-order valence-electron chi connectivity index (χ0n) is 12.2. The van der Waals surface area contributed by atoms with Gasteiger partial charge in [-0.2, -0.15) is 0 Å². The minimum atomic E-state index is -0.632. The van der Waals surface area contributed by atoms with E-state index in [1.54, 1.807) is 0 Å². The molecule has 5 heteroatoms. The second kappa shape index (κ2) is 8.20. The van der Waals surface area contributed by atoms with Crippen LogP contribution in [-0.4, -0.2) is 28.9 Å². The van der Waals surface area contributed by atoms with Crippen molar-refractivity contribution in [2.24, 2.45) is 5.92 Å². The number of nitrogens with one attached hydrogen (secondary N) is 1. The van der Waals surface area contributed by atoms with Gasteiger partial charge in [0, 0.05) is 27.2 Å². The molecule has 0 aromatic heterocycles. The molecule has 3 nitrogen and oxygen atoms in total. The summed E-state index contributed by atoms with van der Waals surface area (Å²) in [5.74, 6) is -0.759. The van der Waals surface area contributed by atoms with Crippen molar-refractivity contribution < 1.29 is 9.90 Å². The third-order valence-electron chi connectivity index (χ3n) is 3.92. The zero-order valence-corrected chi connectivity index (χ0v) is 14.6. The fraction of sp³-hybridized carbons (Fsp3) is 0.562. The number of benzene rings is 1. The molecule has 1 unspecified atom stereocenters. The Hall–Kier alpha value is -0.520. The number of carboxylic acids is 1. The van der Waals surface area contributed by atoms with Gasteiger partial charge in [-0.05, 0) is 49.9 Å². The van der Waals surface area contributed by atoms with E-state index in [1.807, 2.05) is 11.8 Å². The maximum Gasteiger partial charge on any atom is 0.306 e. The van der Waals surface area contributed by atoms with Crippen LogP contribution in [0.5, 0.6) is 0 Å². The maximum atomic E-state index is 10.9. The minimum Gasteiger partial charge on any atom is -0.481 e.